The molecule has 0 bridgehead atoms. The number of rotatable bonds is 2. The van der Waals surface area contributed by atoms with Gasteiger partial charge in [0.1, 0.15) is 17.5 Å². The molecule has 0 amide bonds. The number of aliphatic hydroxyl groups excluding tert-OH is 1. The molecule has 1 aliphatic heterocycles. The molecule has 0 unspecified atom stereocenters. The van der Waals surface area contributed by atoms with Gasteiger partial charge in [0.05, 0.1) is 17.6 Å². The van der Waals surface area contributed by atoms with Gasteiger partial charge in [-0.05, 0) is 49.0 Å². The Labute approximate surface area is 187 Å². The molecule has 7 heteroatoms. The fourth-order valence-corrected chi connectivity index (χ4v) is 8.35. The Morgan fingerprint density at radius 2 is 2.13 bits per heavy atom. The van der Waals surface area contributed by atoms with Gasteiger partial charge in [-0.15, -0.1) is 11.6 Å². The highest BCUT2D eigenvalue weighted by Crippen LogP contribution is 2.71. The molecular formula is C24H31ClFN2O3+. The summed E-state index contributed by atoms with van der Waals surface area (Å²) in [7, 11) is 0. The number of hydrogen-bond acceptors (Lipinski definition) is 4. The fraction of sp³-hybridized carbons (Fsp3) is 0.708. The number of alkyl halides is 2. The van der Waals surface area contributed by atoms with Crippen molar-refractivity contribution in [2.75, 3.05) is 5.88 Å². The molecule has 5 nitrogen and oxygen atoms in total. The van der Waals surface area contributed by atoms with Gasteiger partial charge in [-0.2, -0.15) is 0 Å². The minimum absolute atomic E-state index is 0.0401. The number of carbonyl (C=O) groups excluding carboxylic acids is 1. The number of nitrogens with zero attached hydrogens (tertiary/aromatic N) is 2. The molecule has 0 spiro atoms. The van der Waals surface area contributed by atoms with Crippen LogP contribution in [0.3, 0.4) is 0 Å². The Morgan fingerprint density at radius 3 is 2.81 bits per heavy atom. The monoisotopic (exact) mass is 449 g/mol. The zero-order valence-corrected chi connectivity index (χ0v) is 19.1. The van der Waals surface area contributed by atoms with Crippen LogP contribution < -0.4 is 0 Å². The highest BCUT2D eigenvalue weighted by molar-refractivity contribution is 6.29. The Kier molecular flexibility index (Phi) is 4.40. The van der Waals surface area contributed by atoms with Crippen molar-refractivity contribution in [3.63, 3.8) is 0 Å². The minimum Gasteiger partial charge on any atom is -0.390 e. The third kappa shape index (κ3) is 2.27. The Hall–Kier alpha value is -1.37. The highest BCUT2D eigenvalue weighted by atomic mass is 35.5. The average molecular weight is 450 g/mol. The lowest BCUT2D eigenvalue weighted by molar-refractivity contribution is -0.464. The van der Waals surface area contributed by atoms with E-state index in [0.29, 0.717) is 25.7 Å². The highest BCUT2D eigenvalue weighted by Gasteiger charge is 2.75. The van der Waals surface area contributed by atoms with E-state index in [1.165, 1.54) is 0 Å². The molecule has 0 aromatic heterocycles. The molecule has 0 radical (unpaired) electrons. The van der Waals surface area contributed by atoms with Crippen LogP contribution in [0.5, 0.6) is 0 Å². The smallest absolute Gasteiger partial charge is 0.242 e. The van der Waals surface area contributed by atoms with Gasteiger partial charge in [-0.25, -0.2) is 4.39 Å². The predicted octanol–water partition coefficient (Wildman–Crippen LogP) is 3.37. The number of fused-ring (bicyclic) bond motifs is 5. The molecular weight excluding hydrogens is 419 g/mol. The first kappa shape index (κ1) is 21.5. The molecule has 2 N–H and O–H groups in total. The molecule has 3 saturated carbocycles. The lowest BCUT2D eigenvalue weighted by atomic mass is 9.43. The van der Waals surface area contributed by atoms with E-state index in [-0.39, 0.29) is 24.1 Å². The van der Waals surface area contributed by atoms with Crippen LogP contribution in [-0.2, 0) is 4.79 Å². The SMILES string of the molecule is C=[N+]1N=CC2=C1C=C1CC[C@H]3[C@@H]4C[C@H](C)[C@](O)(C(=O)CCl)[C@@]4(C)C[C@H](O)[C@]3(F)[C@@]1(C)C2. The largest absolute Gasteiger partial charge is 0.390 e. The lowest BCUT2D eigenvalue weighted by Crippen LogP contribution is -2.69. The first-order chi connectivity index (χ1) is 14.4. The van der Waals surface area contributed by atoms with Gasteiger partial charge in [0.15, 0.2) is 12.5 Å². The van der Waals surface area contributed by atoms with Crippen LogP contribution in [-0.4, -0.2) is 56.9 Å². The molecule has 0 aromatic rings. The van der Waals surface area contributed by atoms with E-state index in [4.69, 9.17) is 11.6 Å². The van der Waals surface area contributed by atoms with E-state index >= 15 is 4.39 Å². The van der Waals surface area contributed by atoms with E-state index in [9.17, 15) is 15.0 Å². The Bertz CT molecular complexity index is 991. The summed E-state index contributed by atoms with van der Waals surface area (Å²) in [6.07, 6.45) is 4.79. The summed E-state index contributed by atoms with van der Waals surface area (Å²) < 4.78 is 18.9. The first-order valence-electron chi connectivity index (χ1n) is 11.2. The summed E-state index contributed by atoms with van der Waals surface area (Å²) >= 11 is 5.88. The molecule has 0 aromatic carbocycles. The van der Waals surface area contributed by atoms with E-state index in [1.54, 1.807) is 10.9 Å². The second-order valence-corrected chi connectivity index (χ2v) is 11.1. The van der Waals surface area contributed by atoms with Gasteiger partial charge >= 0.3 is 0 Å². The summed E-state index contributed by atoms with van der Waals surface area (Å²) in [6.45, 7) is 9.55. The molecule has 31 heavy (non-hydrogen) atoms. The number of Topliss-reactive ketones (excluding diaryl/α,β-unsaturated/α-hetero) is 1. The predicted molar refractivity (Wildman–Crippen MR) is 117 cm³/mol. The van der Waals surface area contributed by atoms with Crippen LogP contribution in [0.2, 0.25) is 0 Å². The lowest BCUT2D eigenvalue weighted by Gasteiger charge is -2.63. The number of aliphatic hydroxyl groups is 2. The summed E-state index contributed by atoms with van der Waals surface area (Å²) in [5, 5.41) is 27.3. The summed E-state index contributed by atoms with van der Waals surface area (Å²) in [6, 6.07) is 0. The van der Waals surface area contributed by atoms with Crippen LogP contribution in [0.15, 0.2) is 28.0 Å². The van der Waals surface area contributed by atoms with Gasteiger partial charge < -0.3 is 10.2 Å². The number of allylic oxidation sites excluding steroid dienone is 3. The van der Waals surface area contributed by atoms with Gasteiger partial charge in [-0.1, -0.05) is 31.0 Å². The molecule has 168 valence electrons. The molecule has 3 fully saturated rings. The summed E-state index contributed by atoms with van der Waals surface area (Å²) in [5.74, 6) is -1.69. The third-order valence-corrected chi connectivity index (χ3v) is 10.0. The van der Waals surface area contributed by atoms with Crippen molar-refractivity contribution in [1.29, 1.82) is 0 Å². The van der Waals surface area contributed by atoms with Gasteiger partial charge in [-0.3, -0.25) is 4.79 Å². The van der Waals surface area contributed by atoms with Crippen molar-refractivity contribution in [2.24, 2.45) is 33.7 Å². The standard InChI is InChI=1S/C24H31ClFN2O3/c1-13-7-17-16-6-5-15-8-18-14(12-27-28(18)4)9-21(15,2)23(16,26)19(29)10-22(17,3)24(13,31)20(30)11-25/h8,12-13,16-17,19,29,31H,4-7,9-11H2,1-3H3/q+1/t13-,16-,17-,19-,21-,22-,23-,24-/m0/s1. The first-order valence-corrected chi connectivity index (χ1v) is 11.8. The fourth-order valence-electron chi connectivity index (χ4n) is 8.14. The Balaban J connectivity index is 1.61. The number of hydrogen-bond donors (Lipinski definition) is 2. The zero-order valence-electron chi connectivity index (χ0n) is 18.4. The molecule has 8 atom stereocenters. The number of carbonyl (C=O) groups is 1. The van der Waals surface area contributed by atoms with Gasteiger partial charge in [0, 0.05) is 22.8 Å². The Morgan fingerprint density at radius 1 is 1.42 bits per heavy atom. The third-order valence-electron chi connectivity index (χ3n) is 9.78. The van der Waals surface area contributed by atoms with Crippen LogP contribution in [0.1, 0.15) is 52.9 Å². The summed E-state index contributed by atoms with van der Waals surface area (Å²) in [4.78, 5) is 12.8. The van der Waals surface area contributed by atoms with Crippen molar-refractivity contribution in [3.05, 3.63) is 22.9 Å². The van der Waals surface area contributed by atoms with Crippen LogP contribution in [0, 0.1) is 28.6 Å². The molecule has 0 saturated heterocycles. The minimum atomic E-state index is -1.85. The topological polar surface area (TPSA) is 72.9 Å². The maximum Gasteiger partial charge on any atom is 0.242 e. The molecule has 5 aliphatic rings. The van der Waals surface area contributed by atoms with Crippen molar-refractivity contribution >= 4 is 30.3 Å². The molecule has 1 heterocycles. The van der Waals surface area contributed by atoms with Crippen LogP contribution in [0.4, 0.5) is 4.39 Å². The normalized spacial score (nSPS) is 50.5. The van der Waals surface area contributed by atoms with Crippen LogP contribution in [0.25, 0.3) is 0 Å². The van der Waals surface area contributed by atoms with Gasteiger partial charge in [0.2, 0.25) is 5.70 Å². The molecule has 5 rings (SSSR count). The number of ketones is 1. The van der Waals surface area contributed by atoms with Crippen molar-refractivity contribution in [2.45, 2.75) is 70.2 Å². The van der Waals surface area contributed by atoms with E-state index in [2.05, 4.69) is 11.8 Å². The van der Waals surface area contributed by atoms with E-state index < -0.39 is 39.9 Å². The maximum atomic E-state index is 17.4. The van der Waals surface area contributed by atoms with Crippen LogP contribution >= 0.6 is 11.6 Å². The molecule has 4 aliphatic carbocycles. The summed E-state index contributed by atoms with van der Waals surface area (Å²) in [5.41, 5.74) is -2.44. The van der Waals surface area contributed by atoms with Crippen molar-refractivity contribution < 1.29 is 24.1 Å². The second-order valence-electron chi connectivity index (χ2n) is 10.9. The van der Waals surface area contributed by atoms with Crippen molar-refractivity contribution in [3.8, 4) is 0 Å². The zero-order chi connectivity index (χ0) is 22.6. The number of halogens is 2. The average Bonchev–Trinajstić information content (AvgIpc) is 3.17. The quantitative estimate of drug-likeness (QED) is 0.501. The second kappa shape index (κ2) is 6.36. The van der Waals surface area contributed by atoms with Crippen molar-refractivity contribution in [1.82, 2.24) is 0 Å². The van der Waals surface area contributed by atoms with E-state index in [1.807, 2.05) is 26.8 Å². The van der Waals surface area contributed by atoms with E-state index in [0.717, 1.165) is 16.8 Å². The number of hydrazone groups is 1. The van der Waals surface area contributed by atoms with Gasteiger partial charge in [0.25, 0.3) is 0 Å². The maximum absolute atomic E-state index is 17.4.